The topological polar surface area (TPSA) is 47.0 Å². The lowest BCUT2D eigenvalue weighted by Crippen LogP contribution is -1.99. The van der Waals surface area contributed by atoms with Gasteiger partial charge in [-0.25, -0.2) is 9.97 Å². The van der Waals surface area contributed by atoms with Crippen LogP contribution < -0.4 is 10.1 Å². The minimum absolute atomic E-state index is 0.710. The zero-order chi connectivity index (χ0) is 18.5. The minimum atomic E-state index is 0.710. The van der Waals surface area contributed by atoms with E-state index in [4.69, 9.17) is 4.74 Å². The molecule has 0 saturated heterocycles. The molecule has 0 bridgehead atoms. The molecule has 1 N–H and O–H groups in total. The zero-order valence-corrected chi connectivity index (χ0v) is 15.0. The molecule has 0 aliphatic rings. The molecule has 4 aromatic rings. The normalized spacial score (nSPS) is 10.4. The first-order valence-corrected chi connectivity index (χ1v) is 8.77. The third-order valence-electron chi connectivity index (χ3n) is 3.99. The van der Waals surface area contributed by atoms with Gasteiger partial charge in [-0.05, 0) is 43.3 Å². The number of benzene rings is 3. The third-order valence-corrected chi connectivity index (χ3v) is 3.99. The third kappa shape index (κ3) is 4.30. The highest BCUT2D eigenvalue weighted by Gasteiger charge is 2.05. The van der Waals surface area contributed by atoms with Crippen molar-refractivity contribution in [1.29, 1.82) is 0 Å². The molecule has 132 valence electrons. The van der Waals surface area contributed by atoms with Crippen molar-refractivity contribution < 1.29 is 4.74 Å². The Morgan fingerprint density at radius 2 is 1.33 bits per heavy atom. The summed E-state index contributed by atoms with van der Waals surface area (Å²) in [6, 6.07) is 29.4. The first kappa shape index (κ1) is 16.8. The molecule has 4 nitrogen and oxygen atoms in total. The first-order chi connectivity index (χ1) is 13.3. The highest BCUT2D eigenvalue weighted by atomic mass is 16.5. The fourth-order valence-electron chi connectivity index (χ4n) is 2.73. The second kappa shape index (κ2) is 7.70. The predicted octanol–water partition coefficient (Wildman–Crippen LogP) is 5.99. The molecule has 4 heteroatoms. The maximum absolute atomic E-state index is 5.83. The highest BCUT2D eigenvalue weighted by molar-refractivity contribution is 5.62. The summed E-state index contributed by atoms with van der Waals surface area (Å²) in [7, 11) is 0. The number of nitrogens with one attached hydrogen (secondary N) is 1. The van der Waals surface area contributed by atoms with E-state index in [1.54, 1.807) is 0 Å². The number of para-hydroxylation sites is 1. The van der Waals surface area contributed by atoms with Crippen LogP contribution >= 0.6 is 0 Å². The molecule has 0 aliphatic heterocycles. The van der Waals surface area contributed by atoms with Gasteiger partial charge < -0.3 is 10.1 Å². The van der Waals surface area contributed by atoms with Crippen molar-refractivity contribution in [2.45, 2.75) is 6.92 Å². The van der Waals surface area contributed by atoms with E-state index in [2.05, 4.69) is 15.3 Å². The molecular weight excluding hydrogens is 334 g/mol. The number of rotatable bonds is 5. The van der Waals surface area contributed by atoms with E-state index < -0.39 is 0 Å². The second-order valence-corrected chi connectivity index (χ2v) is 6.15. The van der Waals surface area contributed by atoms with Gasteiger partial charge in [-0.3, -0.25) is 0 Å². The van der Waals surface area contributed by atoms with E-state index in [1.807, 2.05) is 97.9 Å². The van der Waals surface area contributed by atoms with E-state index in [-0.39, 0.29) is 0 Å². The van der Waals surface area contributed by atoms with Gasteiger partial charge in [0.2, 0.25) is 0 Å². The van der Waals surface area contributed by atoms with Crippen molar-refractivity contribution in [3.05, 3.63) is 96.7 Å². The van der Waals surface area contributed by atoms with Crippen LogP contribution in [0.1, 0.15) is 5.69 Å². The second-order valence-electron chi connectivity index (χ2n) is 6.15. The molecule has 0 amide bonds. The summed E-state index contributed by atoms with van der Waals surface area (Å²) in [6.07, 6.45) is 0. The molecule has 0 atom stereocenters. The van der Waals surface area contributed by atoms with Crippen molar-refractivity contribution in [3.63, 3.8) is 0 Å². The fraction of sp³-hybridized carbons (Fsp3) is 0.0435. The molecule has 0 saturated carbocycles. The number of nitrogens with zero attached hydrogens (tertiary/aromatic N) is 2. The van der Waals surface area contributed by atoms with Crippen molar-refractivity contribution >= 4 is 11.5 Å². The van der Waals surface area contributed by atoms with E-state index in [0.717, 1.165) is 34.3 Å². The predicted molar refractivity (Wildman–Crippen MR) is 108 cm³/mol. The number of hydrogen-bond donors (Lipinski definition) is 1. The van der Waals surface area contributed by atoms with Gasteiger partial charge >= 0.3 is 0 Å². The Bertz CT molecular complexity index is 1020. The molecule has 1 heterocycles. The average molecular weight is 353 g/mol. The van der Waals surface area contributed by atoms with Crippen LogP contribution in [-0.4, -0.2) is 9.97 Å². The lowest BCUT2D eigenvalue weighted by atomic mass is 10.2. The van der Waals surface area contributed by atoms with Crippen molar-refractivity contribution in [1.82, 2.24) is 9.97 Å². The lowest BCUT2D eigenvalue weighted by Gasteiger charge is -2.10. The van der Waals surface area contributed by atoms with E-state index in [9.17, 15) is 0 Å². The summed E-state index contributed by atoms with van der Waals surface area (Å²) in [6.45, 7) is 1.97. The molecule has 0 aliphatic carbocycles. The summed E-state index contributed by atoms with van der Waals surface area (Å²) in [5, 5.41) is 3.34. The Morgan fingerprint density at radius 1 is 0.704 bits per heavy atom. The molecular formula is C23H19N3O. The summed E-state index contributed by atoms with van der Waals surface area (Å²) in [4.78, 5) is 9.17. The lowest BCUT2D eigenvalue weighted by molar-refractivity contribution is 0.483. The SMILES string of the molecule is Cc1cc(Nc2ccc(Oc3ccccc3)cc2)nc(-c2ccccc2)n1. The van der Waals surface area contributed by atoms with Crippen LogP contribution in [-0.2, 0) is 0 Å². The van der Waals surface area contributed by atoms with E-state index >= 15 is 0 Å². The van der Waals surface area contributed by atoms with Gasteiger partial charge in [-0.15, -0.1) is 0 Å². The number of hydrogen-bond acceptors (Lipinski definition) is 4. The van der Waals surface area contributed by atoms with Gasteiger partial charge in [0, 0.05) is 23.0 Å². The fourth-order valence-corrected chi connectivity index (χ4v) is 2.73. The number of aromatic nitrogens is 2. The van der Waals surface area contributed by atoms with Crippen LogP contribution in [0.3, 0.4) is 0 Å². The molecule has 3 aromatic carbocycles. The zero-order valence-electron chi connectivity index (χ0n) is 15.0. The average Bonchev–Trinajstić information content (AvgIpc) is 2.71. The van der Waals surface area contributed by atoms with E-state index in [0.29, 0.717) is 5.82 Å². The van der Waals surface area contributed by atoms with Gasteiger partial charge in [0.05, 0.1) is 0 Å². The quantitative estimate of drug-likeness (QED) is 0.479. The molecule has 0 fully saturated rings. The molecule has 1 aromatic heterocycles. The van der Waals surface area contributed by atoms with Crippen molar-refractivity contribution in [2.75, 3.05) is 5.32 Å². The summed E-state index contributed by atoms with van der Waals surface area (Å²) in [5.41, 5.74) is 2.85. The number of aryl methyl sites for hydroxylation is 1. The smallest absolute Gasteiger partial charge is 0.161 e. The molecule has 0 spiro atoms. The maximum Gasteiger partial charge on any atom is 0.161 e. The Balaban J connectivity index is 1.51. The van der Waals surface area contributed by atoms with Crippen LogP contribution in [0.25, 0.3) is 11.4 Å². The summed E-state index contributed by atoms with van der Waals surface area (Å²) < 4.78 is 5.83. The van der Waals surface area contributed by atoms with Crippen molar-refractivity contribution in [2.24, 2.45) is 0 Å². The van der Waals surface area contributed by atoms with Gasteiger partial charge in [0.25, 0.3) is 0 Å². The summed E-state index contributed by atoms with van der Waals surface area (Å²) in [5.74, 6) is 3.08. The van der Waals surface area contributed by atoms with Crippen LogP contribution in [0.15, 0.2) is 91.0 Å². The standard InChI is InChI=1S/C23H19N3O/c1-17-16-22(26-23(24-17)18-8-4-2-5-9-18)25-19-12-14-21(15-13-19)27-20-10-6-3-7-11-20/h2-16H,1H3,(H,24,25,26). The van der Waals surface area contributed by atoms with E-state index in [1.165, 1.54) is 0 Å². The Kier molecular flexibility index (Phi) is 4.79. The Hall–Kier alpha value is -3.66. The van der Waals surface area contributed by atoms with Gasteiger partial charge in [0.1, 0.15) is 17.3 Å². The van der Waals surface area contributed by atoms with Crippen LogP contribution in [0, 0.1) is 6.92 Å². The Labute approximate surface area is 158 Å². The van der Waals surface area contributed by atoms with Gasteiger partial charge in [-0.1, -0.05) is 48.5 Å². The van der Waals surface area contributed by atoms with Crippen LogP contribution in [0.2, 0.25) is 0 Å². The molecule has 0 radical (unpaired) electrons. The monoisotopic (exact) mass is 353 g/mol. The van der Waals surface area contributed by atoms with Gasteiger partial charge in [-0.2, -0.15) is 0 Å². The Morgan fingerprint density at radius 3 is 2.04 bits per heavy atom. The van der Waals surface area contributed by atoms with Crippen LogP contribution in [0.4, 0.5) is 11.5 Å². The van der Waals surface area contributed by atoms with Crippen LogP contribution in [0.5, 0.6) is 11.5 Å². The number of ether oxygens (including phenoxy) is 1. The first-order valence-electron chi connectivity index (χ1n) is 8.77. The molecule has 4 rings (SSSR count). The highest BCUT2D eigenvalue weighted by Crippen LogP contribution is 2.25. The van der Waals surface area contributed by atoms with Crippen molar-refractivity contribution in [3.8, 4) is 22.9 Å². The largest absolute Gasteiger partial charge is 0.457 e. The number of anilines is 2. The van der Waals surface area contributed by atoms with Gasteiger partial charge in [0.15, 0.2) is 5.82 Å². The molecule has 0 unspecified atom stereocenters. The maximum atomic E-state index is 5.83. The minimum Gasteiger partial charge on any atom is -0.457 e. The summed E-state index contributed by atoms with van der Waals surface area (Å²) >= 11 is 0. The molecule has 27 heavy (non-hydrogen) atoms.